The number of imidazole rings is 1. The van der Waals surface area contributed by atoms with Gasteiger partial charge in [-0.05, 0) is 10.3 Å². The summed E-state index contributed by atoms with van der Waals surface area (Å²) in [5.41, 5.74) is 6.80. The molecule has 0 saturated carbocycles. The molecule has 6 heteroatoms. The van der Waals surface area contributed by atoms with Gasteiger partial charge in [0, 0.05) is 7.05 Å². The van der Waals surface area contributed by atoms with Crippen LogP contribution in [0.4, 0.5) is 5.82 Å². The number of aromatic nitrogens is 4. The summed E-state index contributed by atoms with van der Waals surface area (Å²) in [6.07, 6.45) is 3.30. The minimum atomic E-state index is 0.276. The third kappa shape index (κ3) is 0.849. The van der Waals surface area contributed by atoms with Crippen LogP contribution in [0.1, 0.15) is 0 Å². The largest absolute Gasteiger partial charge is 0.379 e. The van der Waals surface area contributed by atoms with E-state index >= 15 is 0 Å². The molecule has 0 fully saturated rings. The summed E-state index contributed by atoms with van der Waals surface area (Å²) < 4.78 is 6.25. The van der Waals surface area contributed by atoms with E-state index in [1.165, 1.54) is 0 Å². The van der Waals surface area contributed by atoms with Gasteiger partial charge in [0.15, 0.2) is 11.5 Å². The van der Waals surface area contributed by atoms with Gasteiger partial charge in [0.1, 0.15) is 0 Å². The zero-order valence-electron chi connectivity index (χ0n) is 6.43. The highest BCUT2D eigenvalue weighted by molar-refractivity contribution is 5.64. The maximum atomic E-state index is 5.49. The molecule has 2 aromatic rings. The number of nitrogen functional groups attached to an aromatic ring is 1. The monoisotopic (exact) mass is 165 g/mol. The summed E-state index contributed by atoms with van der Waals surface area (Å²) in [6.45, 7) is 0. The second kappa shape index (κ2) is 2.33. The van der Waals surface area contributed by atoms with Gasteiger partial charge in [-0.1, -0.05) is 0 Å². The number of rotatable bonds is 1. The molecule has 0 atom stereocenters. The molecule has 0 aliphatic rings. The first-order valence-electron chi connectivity index (χ1n) is 3.34. The Labute approximate surface area is 68.0 Å². The van der Waals surface area contributed by atoms with Crippen LogP contribution in [0.25, 0.3) is 11.4 Å². The minimum absolute atomic E-state index is 0.276. The molecule has 0 aromatic carbocycles. The molecule has 0 bridgehead atoms. The van der Waals surface area contributed by atoms with E-state index in [1.807, 2.05) is 7.05 Å². The molecule has 2 aromatic heterocycles. The van der Waals surface area contributed by atoms with Crippen LogP contribution in [0, 0.1) is 0 Å². The number of nitrogens with zero attached hydrogens (tertiary/aromatic N) is 4. The Bertz CT molecular complexity index is 352. The van der Waals surface area contributed by atoms with Crippen molar-refractivity contribution in [2.75, 3.05) is 5.73 Å². The highest BCUT2D eigenvalue weighted by Crippen LogP contribution is 2.19. The zero-order valence-corrected chi connectivity index (χ0v) is 6.43. The van der Waals surface area contributed by atoms with Crippen molar-refractivity contribution >= 4 is 5.82 Å². The maximum absolute atomic E-state index is 5.49. The van der Waals surface area contributed by atoms with Gasteiger partial charge in [0.25, 0.3) is 0 Å². The van der Waals surface area contributed by atoms with E-state index in [9.17, 15) is 0 Å². The van der Waals surface area contributed by atoms with E-state index < -0.39 is 0 Å². The highest BCUT2D eigenvalue weighted by atomic mass is 16.6. The van der Waals surface area contributed by atoms with Crippen LogP contribution in [-0.4, -0.2) is 19.9 Å². The van der Waals surface area contributed by atoms with Crippen LogP contribution in [-0.2, 0) is 7.05 Å². The fraction of sp³-hybridized carbons (Fsp3) is 0.167. The average molecular weight is 165 g/mol. The van der Waals surface area contributed by atoms with Crippen molar-refractivity contribution in [3.8, 4) is 11.4 Å². The first-order valence-corrected chi connectivity index (χ1v) is 3.34. The van der Waals surface area contributed by atoms with Gasteiger partial charge in [-0.15, -0.1) is 0 Å². The lowest BCUT2D eigenvalue weighted by Gasteiger charge is -1.94. The second-order valence-electron chi connectivity index (χ2n) is 2.39. The van der Waals surface area contributed by atoms with Crippen molar-refractivity contribution in [2.24, 2.45) is 7.05 Å². The summed E-state index contributed by atoms with van der Waals surface area (Å²) in [5.74, 6) is 0.276. The number of nitrogens with two attached hydrogens (primary N) is 1. The predicted octanol–water partition coefficient (Wildman–Crippen LogP) is 0.0523. The Hall–Kier alpha value is -1.85. The van der Waals surface area contributed by atoms with E-state index in [-0.39, 0.29) is 5.82 Å². The molecule has 2 rings (SSSR count). The van der Waals surface area contributed by atoms with Crippen molar-refractivity contribution in [3.05, 3.63) is 12.5 Å². The molecule has 2 heterocycles. The Morgan fingerprint density at radius 1 is 1.50 bits per heavy atom. The smallest absolute Gasteiger partial charge is 0.198 e. The van der Waals surface area contributed by atoms with Crippen molar-refractivity contribution in [3.63, 3.8) is 0 Å². The molecule has 0 spiro atoms. The molecule has 0 aliphatic heterocycles. The van der Waals surface area contributed by atoms with Gasteiger partial charge in [-0.25, -0.2) is 9.61 Å². The maximum Gasteiger partial charge on any atom is 0.198 e. The lowest BCUT2D eigenvalue weighted by molar-refractivity contribution is 0.310. The molecule has 0 radical (unpaired) electrons. The Morgan fingerprint density at radius 2 is 2.33 bits per heavy atom. The zero-order chi connectivity index (χ0) is 8.55. The third-order valence-electron chi connectivity index (χ3n) is 1.57. The lowest BCUT2D eigenvalue weighted by atomic mass is 10.3. The molecular formula is C6H7N5O. The summed E-state index contributed by atoms with van der Waals surface area (Å²) >= 11 is 0. The van der Waals surface area contributed by atoms with E-state index in [0.717, 1.165) is 5.69 Å². The summed E-state index contributed by atoms with van der Waals surface area (Å²) in [5, 5.41) is 7.11. The molecule has 62 valence electrons. The van der Waals surface area contributed by atoms with Gasteiger partial charge in [0.05, 0.1) is 18.2 Å². The molecule has 0 amide bonds. The third-order valence-corrected chi connectivity index (χ3v) is 1.57. The van der Waals surface area contributed by atoms with Crippen molar-refractivity contribution in [2.45, 2.75) is 0 Å². The van der Waals surface area contributed by atoms with Crippen LogP contribution in [0.2, 0.25) is 0 Å². The SMILES string of the molecule is Cn1cncc1-c1nonc1N. The van der Waals surface area contributed by atoms with E-state index in [2.05, 4.69) is 19.9 Å². The number of hydrogen-bond donors (Lipinski definition) is 1. The predicted molar refractivity (Wildman–Crippen MR) is 40.9 cm³/mol. The van der Waals surface area contributed by atoms with Crippen molar-refractivity contribution < 1.29 is 4.63 Å². The topological polar surface area (TPSA) is 82.8 Å². The van der Waals surface area contributed by atoms with E-state index in [0.29, 0.717) is 5.69 Å². The molecule has 0 aliphatic carbocycles. The minimum Gasteiger partial charge on any atom is -0.379 e. The van der Waals surface area contributed by atoms with Crippen LogP contribution >= 0.6 is 0 Å². The van der Waals surface area contributed by atoms with E-state index in [4.69, 9.17) is 5.73 Å². The summed E-state index contributed by atoms with van der Waals surface area (Å²) in [6, 6.07) is 0. The lowest BCUT2D eigenvalue weighted by Crippen LogP contribution is -1.93. The Kier molecular flexibility index (Phi) is 1.33. The molecule has 12 heavy (non-hydrogen) atoms. The quantitative estimate of drug-likeness (QED) is 0.645. The van der Waals surface area contributed by atoms with Crippen molar-refractivity contribution in [1.82, 2.24) is 19.9 Å². The molecule has 0 saturated heterocycles. The first kappa shape index (κ1) is 6.84. The van der Waals surface area contributed by atoms with Crippen LogP contribution in [0.15, 0.2) is 17.2 Å². The van der Waals surface area contributed by atoms with E-state index in [1.54, 1.807) is 17.1 Å². The number of hydrogen-bond acceptors (Lipinski definition) is 5. The fourth-order valence-corrected chi connectivity index (χ4v) is 0.959. The molecule has 2 N–H and O–H groups in total. The molecule has 6 nitrogen and oxygen atoms in total. The van der Waals surface area contributed by atoms with Crippen molar-refractivity contribution in [1.29, 1.82) is 0 Å². The van der Waals surface area contributed by atoms with Crippen LogP contribution in [0.5, 0.6) is 0 Å². The Balaban J connectivity index is 2.57. The van der Waals surface area contributed by atoms with Crippen LogP contribution in [0.3, 0.4) is 0 Å². The Morgan fingerprint density at radius 3 is 2.83 bits per heavy atom. The first-order chi connectivity index (χ1) is 5.79. The normalized spacial score (nSPS) is 10.4. The summed E-state index contributed by atoms with van der Waals surface area (Å²) in [7, 11) is 1.84. The van der Waals surface area contributed by atoms with Gasteiger partial charge in [-0.2, -0.15) is 0 Å². The van der Waals surface area contributed by atoms with Gasteiger partial charge < -0.3 is 10.3 Å². The summed E-state index contributed by atoms with van der Waals surface area (Å²) in [4.78, 5) is 3.92. The van der Waals surface area contributed by atoms with Gasteiger partial charge in [-0.3, -0.25) is 0 Å². The molecule has 0 unspecified atom stereocenters. The van der Waals surface area contributed by atoms with Gasteiger partial charge in [0.2, 0.25) is 0 Å². The number of anilines is 1. The van der Waals surface area contributed by atoms with Crippen LogP contribution < -0.4 is 5.73 Å². The average Bonchev–Trinajstić information content (AvgIpc) is 2.59. The highest BCUT2D eigenvalue weighted by Gasteiger charge is 2.11. The fourth-order valence-electron chi connectivity index (χ4n) is 0.959. The second-order valence-corrected chi connectivity index (χ2v) is 2.39. The van der Waals surface area contributed by atoms with Gasteiger partial charge >= 0.3 is 0 Å². The number of aryl methyl sites for hydroxylation is 1. The molecular weight excluding hydrogens is 158 g/mol. The standard InChI is InChI=1S/C6H7N5O/c1-11-3-8-2-4(11)5-6(7)10-12-9-5/h2-3H,1H3,(H2,7,10).